The van der Waals surface area contributed by atoms with Gasteiger partial charge in [-0.15, -0.1) is 0 Å². The van der Waals surface area contributed by atoms with Crippen molar-refractivity contribution >= 4 is 0 Å². The van der Waals surface area contributed by atoms with Crippen molar-refractivity contribution in [1.29, 1.82) is 0 Å². The molecule has 0 aliphatic heterocycles. The molecule has 0 bridgehead atoms. The van der Waals surface area contributed by atoms with Crippen LogP contribution in [0.15, 0.2) is 0 Å². The smallest absolute Gasteiger partial charge is 0.0720 e. The summed E-state index contributed by atoms with van der Waals surface area (Å²) in [6.45, 7) is 9.02. The predicted molar refractivity (Wildman–Crippen MR) is 50.8 cm³/mol. The highest BCUT2D eigenvalue weighted by molar-refractivity contribution is 5.07. The molecular weight excluding hydrogens is 150 g/mol. The van der Waals surface area contributed by atoms with Crippen LogP contribution >= 0.6 is 0 Å². The van der Waals surface area contributed by atoms with Crippen LogP contribution in [0.1, 0.15) is 40.5 Å². The second-order valence-electron chi connectivity index (χ2n) is 5.64. The molecule has 0 aromatic rings. The fourth-order valence-corrected chi connectivity index (χ4v) is 2.20. The van der Waals surface area contributed by atoms with Crippen LogP contribution in [0.3, 0.4) is 0 Å². The summed E-state index contributed by atoms with van der Waals surface area (Å²) in [6, 6.07) is 0. The summed E-state index contributed by atoms with van der Waals surface area (Å²) >= 11 is 0. The van der Waals surface area contributed by atoms with Gasteiger partial charge in [0.05, 0.1) is 5.60 Å². The van der Waals surface area contributed by atoms with E-state index >= 15 is 0 Å². The molecule has 2 nitrogen and oxygen atoms in total. The molecular formula is C10H21NO. The van der Waals surface area contributed by atoms with Crippen LogP contribution in [-0.4, -0.2) is 17.3 Å². The first-order valence-electron chi connectivity index (χ1n) is 4.65. The standard InChI is InChI=1S/C10H21NO/c1-8(2)5-10(12,6-8)9(3,4)7-11/h12H,5-7,11H2,1-4H3. The Morgan fingerprint density at radius 1 is 1.33 bits per heavy atom. The molecule has 0 radical (unpaired) electrons. The summed E-state index contributed by atoms with van der Waals surface area (Å²) in [4.78, 5) is 0. The van der Waals surface area contributed by atoms with Crippen LogP contribution in [0.25, 0.3) is 0 Å². The molecule has 2 heteroatoms. The maximum absolute atomic E-state index is 10.2. The Kier molecular flexibility index (Phi) is 2.05. The molecule has 0 saturated heterocycles. The van der Waals surface area contributed by atoms with Crippen molar-refractivity contribution in [2.75, 3.05) is 6.54 Å². The maximum atomic E-state index is 10.2. The fraction of sp³-hybridized carbons (Fsp3) is 1.00. The van der Waals surface area contributed by atoms with Crippen LogP contribution < -0.4 is 5.73 Å². The van der Waals surface area contributed by atoms with Gasteiger partial charge in [0.1, 0.15) is 0 Å². The van der Waals surface area contributed by atoms with Crippen LogP contribution in [0.2, 0.25) is 0 Å². The Morgan fingerprint density at radius 2 is 1.75 bits per heavy atom. The molecule has 0 atom stereocenters. The first-order valence-corrected chi connectivity index (χ1v) is 4.65. The fourth-order valence-electron chi connectivity index (χ4n) is 2.20. The van der Waals surface area contributed by atoms with Gasteiger partial charge in [0.15, 0.2) is 0 Å². The van der Waals surface area contributed by atoms with E-state index in [2.05, 4.69) is 13.8 Å². The third-order valence-electron chi connectivity index (χ3n) is 3.31. The summed E-state index contributed by atoms with van der Waals surface area (Å²) in [5, 5.41) is 10.2. The summed E-state index contributed by atoms with van der Waals surface area (Å²) in [6.07, 6.45) is 1.76. The lowest BCUT2D eigenvalue weighted by atomic mass is 9.52. The molecule has 3 N–H and O–H groups in total. The molecule has 1 rings (SSSR count). The first kappa shape index (κ1) is 10.0. The second-order valence-corrected chi connectivity index (χ2v) is 5.64. The Balaban J connectivity index is 2.66. The molecule has 0 aromatic heterocycles. The van der Waals surface area contributed by atoms with Crippen LogP contribution in [-0.2, 0) is 0 Å². The van der Waals surface area contributed by atoms with E-state index in [0.717, 1.165) is 12.8 Å². The highest BCUT2D eigenvalue weighted by Crippen LogP contribution is 2.55. The topological polar surface area (TPSA) is 46.2 Å². The average Bonchev–Trinajstić information content (AvgIpc) is 1.83. The van der Waals surface area contributed by atoms with Gasteiger partial charge in [0.25, 0.3) is 0 Å². The van der Waals surface area contributed by atoms with E-state index in [0.29, 0.717) is 12.0 Å². The molecule has 0 aromatic carbocycles. The minimum absolute atomic E-state index is 0.136. The minimum atomic E-state index is -0.523. The van der Waals surface area contributed by atoms with E-state index in [1.807, 2.05) is 13.8 Å². The zero-order valence-corrected chi connectivity index (χ0v) is 8.65. The van der Waals surface area contributed by atoms with Gasteiger partial charge in [0, 0.05) is 12.0 Å². The molecule has 12 heavy (non-hydrogen) atoms. The van der Waals surface area contributed by atoms with Gasteiger partial charge in [-0.3, -0.25) is 0 Å². The molecule has 1 aliphatic rings. The highest BCUT2D eigenvalue weighted by atomic mass is 16.3. The first-order chi connectivity index (χ1) is 5.22. The molecule has 0 spiro atoms. The van der Waals surface area contributed by atoms with Crippen molar-refractivity contribution in [3.8, 4) is 0 Å². The molecule has 1 saturated carbocycles. The van der Waals surface area contributed by atoms with Crippen molar-refractivity contribution in [2.24, 2.45) is 16.6 Å². The molecule has 0 unspecified atom stereocenters. The molecule has 0 amide bonds. The van der Waals surface area contributed by atoms with Crippen molar-refractivity contribution in [1.82, 2.24) is 0 Å². The Hall–Kier alpha value is -0.0800. The van der Waals surface area contributed by atoms with Gasteiger partial charge in [-0.25, -0.2) is 0 Å². The maximum Gasteiger partial charge on any atom is 0.0720 e. The Morgan fingerprint density at radius 3 is 2.00 bits per heavy atom. The normalized spacial score (nSPS) is 26.5. The van der Waals surface area contributed by atoms with Gasteiger partial charge in [-0.1, -0.05) is 27.7 Å². The number of rotatable bonds is 2. The van der Waals surface area contributed by atoms with Gasteiger partial charge >= 0.3 is 0 Å². The van der Waals surface area contributed by atoms with Gasteiger partial charge in [-0.05, 0) is 18.3 Å². The average molecular weight is 171 g/mol. The van der Waals surface area contributed by atoms with Gasteiger partial charge < -0.3 is 10.8 Å². The van der Waals surface area contributed by atoms with E-state index in [-0.39, 0.29) is 5.41 Å². The molecule has 1 fully saturated rings. The van der Waals surface area contributed by atoms with Gasteiger partial charge in [0.2, 0.25) is 0 Å². The zero-order valence-electron chi connectivity index (χ0n) is 8.65. The Bertz CT molecular complexity index is 176. The minimum Gasteiger partial charge on any atom is -0.389 e. The second kappa shape index (κ2) is 2.46. The van der Waals surface area contributed by atoms with E-state index in [1.54, 1.807) is 0 Å². The summed E-state index contributed by atoms with van der Waals surface area (Å²) in [5.74, 6) is 0. The SMILES string of the molecule is CC1(C)CC(O)(C(C)(C)CN)C1. The molecule has 72 valence electrons. The predicted octanol–water partition coefficient (Wildman–Crippen LogP) is 1.52. The van der Waals surface area contributed by atoms with E-state index in [4.69, 9.17) is 5.73 Å². The van der Waals surface area contributed by atoms with Crippen LogP contribution in [0.4, 0.5) is 0 Å². The number of hydrogen-bond donors (Lipinski definition) is 2. The lowest BCUT2D eigenvalue weighted by Crippen LogP contribution is -2.60. The largest absolute Gasteiger partial charge is 0.389 e. The van der Waals surface area contributed by atoms with Crippen LogP contribution in [0, 0.1) is 10.8 Å². The summed E-state index contributed by atoms with van der Waals surface area (Å²) < 4.78 is 0. The van der Waals surface area contributed by atoms with Crippen molar-refractivity contribution in [3.63, 3.8) is 0 Å². The highest BCUT2D eigenvalue weighted by Gasteiger charge is 2.55. The van der Waals surface area contributed by atoms with Crippen molar-refractivity contribution < 1.29 is 5.11 Å². The van der Waals surface area contributed by atoms with E-state index < -0.39 is 5.60 Å². The lowest BCUT2D eigenvalue weighted by molar-refractivity contribution is -0.180. The number of hydrogen-bond acceptors (Lipinski definition) is 2. The number of aliphatic hydroxyl groups is 1. The van der Waals surface area contributed by atoms with Crippen molar-refractivity contribution in [2.45, 2.75) is 46.1 Å². The zero-order chi connectivity index (χ0) is 9.62. The monoisotopic (exact) mass is 171 g/mol. The van der Waals surface area contributed by atoms with Crippen molar-refractivity contribution in [3.05, 3.63) is 0 Å². The van der Waals surface area contributed by atoms with Crippen LogP contribution in [0.5, 0.6) is 0 Å². The van der Waals surface area contributed by atoms with Gasteiger partial charge in [-0.2, -0.15) is 0 Å². The molecule has 1 aliphatic carbocycles. The summed E-state index contributed by atoms with van der Waals surface area (Å²) in [5.41, 5.74) is 5.28. The number of nitrogens with two attached hydrogens (primary N) is 1. The quantitative estimate of drug-likeness (QED) is 0.661. The summed E-state index contributed by atoms with van der Waals surface area (Å²) in [7, 11) is 0. The van der Waals surface area contributed by atoms with E-state index in [9.17, 15) is 5.11 Å². The third kappa shape index (κ3) is 1.38. The lowest BCUT2D eigenvalue weighted by Gasteiger charge is -2.57. The molecule has 0 heterocycles. The van der Waals surface area contributed by atoms with E-state index in [1.165, 1.54) is 0 Å². The Labute approximate surface area is 75.2 Å². The third-order valence-corrected chi connectivity index (χ3v) is 3.31.